The molecule has 0 aliphatic carbocycles. The van der Waals surface area contributed by atoms with Crippen LogP contribution in [0.25, 0.3) is 0 Å². The van der Waals surface area contributed by atoms with Crippen LogP contribution in [-0.4, -0.2) is 6.54 Å². The van der Waals surface area contributed by atoms with Crippen molar-refractivity contribution in [3.05, 3.63) is 26.8 Å². The lowest BCUT2D eigenvalue weighted by molar-refractivity contribution is 1.09. The van der Waals surface area contributed by atoms with Gasteiger partial charge in [0.1, 0.15) is 0 Å². The van der Waals surface area contributed by atoms with Gasteiger partial charge in [-0.2, -0.15) is 0 Å². The topological polar surface area (TPSA) is 12.0 Å². The first-order chi connectivity index (χ1) is 5.29. The van der Waals surface area contributed by atoms with Crippen LogP contribution in [0.3, 0.4) is 0 Å². The minimum atomic E-state index is 1.11. The Bertz CT molecular complexity index is 294. The third-order valence-electron chi connectivity index (χ3n) is 2.13. The second-order valence-corrected chi connectivity index (χ2v) is 3.98. The summed E-state index contributed by atoms with van der Waals surface area (Å²) in [6.07, 6.45) is 1.19. The van der Waals surface area contributed by atoms with Gasteiger partial charge >= 0.3 is 0 Å². The van der Waals surface area contributed by atoms with E-state index in [4.69, 9.17) is 0 Å². The van der Waals surface area contributed by atoms with Crippen molar-refractivity contribution in [2.45, 2.75) is 13.3 Å². The van der Waals surface area contributed by atoms with E-state index in [0.29, 0.717) is 0 Å². The molecule has 1 nitrogen and oxygen atoms in total. The highest BCUT2D eigenvalue weighted by atomic mass is 127. The maximum Gasteiger partial charge on any atom is 0.0384 e. The van der Waals surface area contributed by atoms with Gasteiger partial charge in [-0.1, -0.05) is 6.07 Å². The number of rotatable bonds is 0. The van der Waals surface area contributed by atoms with Crippen molar-refractivity contribution in [3.63, 3.8) is 0 Å². The Labute approximate surface area is 80.3 Å². The fraction of sp³-hybridized carbons (Fsp3) is 0.333. The standard InChI is InChI=1S/C9H10IN/c1-6-2-3-8-7(9(6)10)4-5-11-8/h2-3,11H,4-5H2,1H3. The van der Waals surface area contributed by atoms with Gasteiger partial charge in [-0.05, 0) is 53.1 Å². The Morgan fingerprint density at radius 2 is 2.27 bits per heavy atom. The highest BCUT2D eigenvalue weighted by Crippen LogP contribution is 2.28. The Hall–Kier alpha value is -0.250. The number of anilines is 1. The van der Waals surface area contributed by atoms with E-state index in [1.165, 1.54) is 26.8 Å². The molecule has 1 aliphatic rings. The molecule has 0 saturated carbocycles. The molecule has 0 amide bonds. The fourth-order valence-corrected chi connectivity index (χ4v) is 2.21. The van der Waals surface area contributed by atoms with Crippen LogP contribution in [0.4, 0.5) is 5.69 Å². The number of nitrogens with one attached hydrogen (secondary N) is 1. The van der Waals surface area contributed by atoms with Crippen molar-refractivity contribution in [3.8, 4) is 0 Å². The third-order valence-corrected chi connectivity index (χ3v) is 3.63. The van der Waals surface area contributed by atoms with Crippen LogP contribution in [0.5, 0.6) is 0 Å². The zero-order valence-electron chi connectivity index (χ0n) is 6.45. The van der Waals surface area contributed by atoms with E-state index >= 15 is 0 Å². The molecule has 0 fully saturated rings. The number of halogens is 1. The van der Waals surface area contributed by atoms with E-state index in [2.05, 4.69) is 47.0 Å². The van der Waals surface area contributed by atoms with Crippen molar-refractivity contribution in [2.75, 3.05) is 11.9 Å². The zero-order valence-corrected chi connectivity index (χ0v) is 8.60. The first-order valence-corrected chi connectivity index (χ1v) is 4.89. The van der Waals surface area contributed by atoms with Gasteiger partial charge in [0.2, 0.25) is 0 Å². The molecule has 0 bridgehead atoms. The predicted octanol–water partition coefficient (Wildman–Crippen LogP) is 2.57. The van der Waals surface area contributed by atoms with E-state index in [0.717, 1.165) is 6.54 Å². The third kappa shape index (κ3) is 1.13. The number of fused-ring (bicyclic) bond motifs is 1. The summed E-state index contributed by atoms with van der Waals surface area (Å²) in [6, 6.07) is 4.36. The number of hydrogen-bond donors (Lipinski definition) is 1. The second-order valence-electron chi connectivity index (χ2n) is 2.90. The van der Waals surface area contributed by atoms with Crippen LogP contribution in [0.15, 0.2) is 12.1 Å². The first-order valence-electron chi connectivity index (χ1n) is 3.81. The van der Waals surface area contributed by atoms with Gasteiger partial charge in [0.25, 0.3) is 0 Å². The van der Waals surface area contributed by atoms with Gasteiger partial charge in [0.15, 0.2) is 0 Å². The molecule has 0 radical (unpaired) electrons. The molecular weight excluding hydrogens is 249 g/mol. The van der Waals surface area contributed by atoms with E-state index < -0.39 is 0 Å². The van der Waals surface area contributed by atoms with Crippen molar-refractivity contribution in [1.82, 2.24) is 0 Å². The first kappa shape index (κ1) is 7.40. The van der Waals surface area contributed by atoms with E-state index in [9.17, 15) is 0 Å². The van der Waals surface area contributed by atoms with Crippen molar-refractivity contribution in [2.24, 2.45) is 0 Å². The lowest BCUT2D eigenvalue weighted by Gasteiger charge is -2.04. The van der Waals surface area contributed by atoms with Crippen LogP contribution in [0.2, 0.25) is 0 Å². The molecule has 0 atom stereocenters. The number of hydrogen-bond acceptors (Lipinski definition) is 1. The Balaban J connectivity index is 2.62. The van der Waals surface area contributed by atoms with Crippen molar-refractivity contribution < 1.29 is 0 Å². The summed E-state index contributed by atoms with van der Waals surface area (Å²) in [7, 11) is 0. The highest BCUT2D eigenvalue weighted by molar-refractivity contribution is 14.1. The largest absolute Gasteiger partial charge is 0.384 e. The minimum absolute atomic E-state index is 1.11. The Kier molecular flexibility index (Phi) is 1.79. The maximum absolute atomic E-state index is 3.36. The van der Waals surface area contributed by atoms with Gasteiger partial charge in [0.05, 0.1) is 0 Å². The maximum atomic E-state index is 3.36. The molecule has 0 aromatic heterocycles. The Morgan fingerprint density at radius 3 is 3.09 bits per heavy atom. The van der Waals surface area contributed by atoms with Gasteiger partial charge in [-0.25, -0.2) is 0 Å². The van der Waals surface area contributed by atoms with Crippen LogP contribution >= 0.6 is 22.6 Å². The second kappa shape index (κ2) is 2.66. The van der Waals surface area contributed by atoms with Gasteiger partial charge in [0, 0.05) is 15.8 Å². The molecule has 1 N–H and O–H groups in total. The zero-order chi connectivity index (χ0) is 7.84. The molecule has 1 aliphatic heterocycles. The summed E-state index contributed by atoms with van der Waals surface area (Å²) in [5.74, 6) is 0. The number of aryl methyl sites for hydroxylation is 1. The SMILES string of the molecule is Cc1ccc2c(c1I)CCN2. The average Bonchev–Trinajstić information content (AvgIpc) is 2.45. The van der Waals surface area contributed by atoms with Crippen LogP contribution in [-0.2, 0) is 6.42 Å². The lowest BCUT2D eigenvalue weighted by Crippen LogP contribution is -1.90. The van der Waals surface area contributed by atoms with Crippen molar-refractivity contribution >= 4 is 28.3 Å². The van der Waals surface area contributed by atoms with E-state index in [-0.39, 0.29) is 0 Å². The molecule has 1 heterocycles. The summed E-state index contributed by atoms with van der Waals surface area (Å²) in [5.41, 5.74) is 4.23. The molecule has 0 saturated heterocycles. The monoisotopic (exact) mass is 259 g/mol. The van der Waals surface area contributed by atoms with E-state index in [1.807, 2.05) is 0 Å². The van der Waals surface area contributed by atoms with E-state index in [1.54, 1.807) is 0 Å². The molecular formula is C9H10IN. The summed E-state index contributed by atoms with van der Waals surface area (Å²) in [5, 5.41) is 3.36. The molecule has 1 aromatic rings. The Morgan fingerprint density at radius 1 is 1.45 bits per heavy atom. The lowest BCUT2D eigenvalue weighted by atomic mass is 10.1. The molecule has 58 valence electrons. The van der Waals surface area contributed by atoms with Gasteiger partial charge in [-0.3, -0.25) is 0 Å². The van der Waals surface area contributed by atoms with Crippen LogP contribution in [0, 0.1) is 10.5 Å². The fourth-order valence-electron chi connectivity index (χ4n) is 1.47. The van der Waals surface area contributed by atoms with Crippen molar-refractivity contribution in [1.29, 1.82) is 0 Å². The number of benzene rings is 1. The molecule has 0 unspecified atom stereocenters. The minimum Gasteiger partial charge on any atom is -0.384 e. The summed E-state index contributed by atoms with van der Waals surface area (Å²) in [6.45, 7) is 3.27. The summed E-state index contributed by atoms with van der Waals surface area (Å²) in [4.78, 5) is 0. The van der Waals surface area contributed by atoms with Crippen LogP contribution in [0.1, 0.15) is 11.1 Å². The highest BCUT2D eigenvalue weighted by Gasteiger charge is 2.13. The molecule has 11 heavy (non-hydrogen) atoms. The quantitative estimate of drug-likeness (QED) is 0.706. The summed E-state index contributed by atoms with van der Waals surface area (Å²) < 4.78 is 1.44. The predicted molar refractivity (Wildman–Crippen MR) is 56.1 cm³/mol. The average molecular weight is 259 g/mol. The van der Waals surface area contributed by atoms with Gasteiger partial charge < -0.3 is 5.32 Å². The smallest absolute Gasteiger partial charge is 0.0384 e. The van der Waals surface area contributed by atoms with Gasteiger partial charge in [-0.15, -0.1) is 0 Å². The molecule has 2 rings (SSSR count). The molecule has 2 heteroatoms. The normalized spacial score (nSPS) is 14.4. The molecule has 1 aromatic carbocycles. The summed E-state index contributed by atoms with van der Waals surface area (Å²) >= 11 is 2.43. The van der Waals surface area contributed by atoms with Crippen LogP contribution < -0.4 is 5.32 Å². The molecule has 0 spiro atoms.